The average molecular weight is 353 g/mol. The second kappa shape index (κ2) is 6.33. The number of halogens is 1. The van der Waals surface area contributed by atoms with Gasteiger partial charge in [0.25, 0.3) is 0 Å². The van der Waals surface area contributed by atoms with Crippen molar-refractivity contribution in [2.45, 2.75) is 24.8 Å². The molecule has 2 aromatic heterocycles. The summed E-state index contributed by atoms with van der Waals surface area (Å²) < 4.78 is 1.83. The van der Waals surface area contributed by atoms with Gasteiger partial charge in [0, 0.05) is 30.2 Å². The lowest BCUT2D eigenvalue weighted by atomic mass is 9.95. The van der Waals surface area contributed by atoms with Gasteiger partial charge in [0.1, 0.15) is 12.1 Å². The van der Waals surface area contributed by atoms with Crippen LogP contribution in [0.4, 0.5) is 0 Å². The van der Waals surface area contributed by atoms with Crippen molar-refractivity contribution in [3.63, 3.8) is 0 Å². The number of carbonyl (C=O) groups is 1. The fourth-order valence-electron chi connectivity index (χ4n) is 3.00. The molecule has 0 unspecified atom stereocenters. The number of aromatic nitrogens is 3. The van der Waals surface area contributed by atoms with Gasteiger partial charge in [-0.3, -0.25) is 9.36 Å². The van der Waals surface area contributed by atoms with Crippen LogP contribution >= 0.6 is 11.6 Å². The smallest absolute Gasteiger partial charge is 0.230 e. The normalized spacial score (nSPS) is 14.9. The van der Waals surface area contributed by atoms with E-state index < -0.39 is 5.41 Å². The molecule has 2 heterocycles. The lowest BCUT2D eigenvalue weighted by Crippen LogP contribution is -2.34. The minimum atomic E-state index is -0.398. The summed E-state index contributed by atoms with van der Waals surface area (Å²) in [5.74, 6) is 0.846. The third-order valence-electron chi connectivity index (χ3n) is 4.61. The van der Waals surface area contributed by atoms with E-state index >= 15 is 0 Å². The van der Waals surface area contributed by atoms with Crippen molar-refractivity contribution in [3.05, 3.63) is 77.5 Å². The zero-order valence-corrected chi connectivity index (χ0v) is 14.3. The summed E-state index contributed by atoms with van der Waals surface area (Å²) in [6.45, 7) is 0.471. The molecule has 1 N–H and O–H groups in total. The molecule has 1 amide bonds. The van der Waals surface area contributed by atoms with E-state index in [9.17, 15) is 4.79 Å². The van der Waals surface area contributed by atoms with Crippen molar-refractivity contribution >= 4 is 17.5 Å². The molecule has 0 saturated heterocycles. The van der Waals surface area contributed by atoms with E-state index in [1.807, 2.05) is 47.2 Å². The molecule has 25 heavy (non-hydrogen) atoms. The Labute approximate surface area is 150 Å². The van der Waals surface area contributed by atoms with Gasteiger partial charge in [0.2, 0.25) is 5.91 Å². The highest BCUT2D eigenvalue weighted by molar-refractivity contribution is 6.30. The van der Waals surface area contributed by atoms with Gasteiger partial charge in [-0.15, -0.1) is 0 Å². The highest BCUT2D eigenvalue weighted by Crippen LogP contribution is 2.48. The number of benzene rings is 1. The van der Waals surface area contributed by atoms with Gasteiger partial charge in [-0.05, 0) is 48.2 Å². The maximum atomic E-state index is 12.7. The Morgan fingerprint density at radius 1 is 1.20 bits per heavy atom. The standard InChI is InChI=1S/C19H17ClN4O/c20-16-3-1-15(2-4-16)19(6-7-19)18(25)23-12-14-5-8-22-17(11-14)24-10-9-21-13-24/h1-5,8-11,13H,6-7,12H2,(H,23,25). The quantitative estimate of drug-likeness (QED) is 0.766. The molecule has 1 aromatic carbocycles. The Balaban J connectivity index is 1.46. The molecule has 3 aromatic rings. The van der Waals surface area contributed by atoms with Gasteiger partial charge in [0.05, 0.1) is 5.41 Å². The summed E-state index contributed by atoms with van der Waals surface area (Å²) in [4.78, 5) is 21.1. The second-order valence-electron chi connectivity index (χ2n) is 6.26. The third kappa shape index (κ3) is 3.15. The predicted molar refractivity (Wildman–Crippen MR) is 95.6 cm³/mol. The van der Waals surface area contributed by atoms with Crippen LogP contribution in [0.3, 0.4) is 0 Å². The molecule has 0 aliphatic heterocycles. The molecule has 1 saturated carbocycles. The van der Waals surface area contributed by atoms with Gasteiger partial charge in [-0.2, -0.15) is 0 Å². The van der Waals surface area contributed by atoms with E-state index in [0.717, 1.165) is 29.8 Å². The molecule has 1 aliphatic carbocycles. The molecule has 1 fully saturated rings. The molecule has 0 spiro atoms. The summed E-state index contributed by atoms with van der Waals surface area (Å²) in [6.07, 6.45) is 8.73. The Morgan fingerprint density at radius 2 is 2.00 bits per heavy atom. The lowest BCUT2D eigenvalue weighted by molar-refractivity contribution is -0.123. The van der Waals surface area contributed by atoms with Crippen molar-refractivity contribution in [3.8, 4) is 5.82 Å². The zero-order valence-electron chi connectivity index (χ0n) is 13.5. The van der Waals surface area contributed by atoms with E-state index in [0.29, 0.717) is 11.6 Å². The number of hydrogen-bond acceptors (Lipinski definition) is 3. The minimum absolute atomic E-state index is 0.0656. The van der Waals surface area contributed by atoms with E-state index in [-0.39, 0.29) is 5.91 Å². The van der Waals surface area contributed by atoms with E-state index in [4.69, 9.17) is 11.6 Å². The molecular formula is C19H17ClN4O. The van der Waals surface area contributed by atoms with Gasteiger partial charge in [-0.1, -0.05) is 23.7 Å². The van der Waals surface area contributed by atoms with Gasteiger partial charge in [-0.25, -0.2) is 9.97 Å². The summed E-state index contributed by atoms with van der Waals surface area (Å²) in [6, 6.07) is 11.4. The molecule has 0 bridgehead atoms. The first-order valence-electron chi connectivity index (χ1n) is 8.15. The van der Waals surface area contributed by atoms with Crippen molar-refractivity contribution in [2.24, 2.45) is 0 Å². The summed E-state index contributed by atoms with van der Waals surface area (Å²) >= 11 is 5.95. The van der Waals surface area contributed by atoms with Gasteiger partial charge < -0.3 is 5.32 Å². The zero-order chi connectivity index (χ0) is 17.3. The van der Waals surface area contributed by atoms with Crippen LogP contribution in [0.1, 0.15) is 24.0 Å². The topological polar surface area (TPSA) is 59.8 Å². The van der Waals surface area contributed by atoms with Crippen LogP contribution in [0, 0.1) is 0 Å². The van der Waals surface area contributed by atoms with E-state index in [1.165, 1.54) is 0 Å². The molecule has 1 aliphatic rings. The molecular weight excluding hydrogens is 336 g/mol. The Morgan fingerprint density at radius 3 is 2.68 bits per heavy atom. The number of nitrogens with one attached hydrogen (secondary N) is 1. The fourth-order valence-corrected chi connectivity index (χ4v) is 3.12. The fraction of sp³-hybridized carbons (Fsp3) is 0.211. The first-order chi connectivity index (χ1) is 12.2. The minimum Gasteiger partial charge on any atom is -0.351 e. The molecule has 0 atom stereocenters. The second-order valence-corrected chi connectivity index (χ2v) is 6.70. The maximum absolute atomic E-state index is 12.7. The first-order valence-corrected chi connectivity index (χ1v) is 8.53. The number of pyridine rings is 1. The number of hydrogen-bond donors (Lipinski definition) is 1. The van der Waals surface area contributed by atoms with Crippen molar-refractivity contribution in [1.29, 1.82) is 0 Å². The van der Waals surface area contributed by atoms with Crippen molar-refractivity contribution in [1.82, 2.24) is 19.9 Å². The Hall–Kier alpha value is -2.66. The van der Waals surface area contributed by atoms with Gasteiger partial charge in [0.15, 0.2) is 0 Å². The first kappa shape index (κ1) is 15.8. The Bertz CT molecular complexity index is 886. The largest absolute Gasteiger partial charge is 0.351 e. The number of amides is 1. The number of rotatable bonds is 5. The van der Waals surface area contributed by atoms with E-state index in [1.54, 1.807) is 18.7 Å². The molecule has 126 valence electrons. The Kier molecular flexibility index (Phi) is 4.01. The van der Waals surface area contributed by atoms with Crippen LogP contribution in [0.25, 0.3) is 5.82 Å². The number of nitrogens with zero attached hydrogens (tertiary/aromatic N) is 3. The van der Waals surface area contributed by atoms with Gasteiger partial charge >= 0.3 is 0 Å². The number of carbonyl (C=O) groups excluding carboxylic acids is 1. The van der Waals surface area contributed by atoms with Crippen LogP contribution < -0.4 is 5.32 Å². The summed E-state index contributed by atoms with van der Waals surface area (Å²) in [5, 5.41) is 3.75. The third-order valence-corrected chi connectivity index (χ3v) is 4.87. The maximum Gasteiger partial charge on any atom is 0.230 e. The predicted octanol–water partition coefficient (Wildman–Crippen LogP) is 3.27. The van der Waals surface area contributed by atoms with Crippen LogP contribution in [-0.2, 0) is 16.8 Å². The highest BCUT2D eigenvalue weighted by atomic mass is 35.5. The number of imidazole rings is 1. The summed E-state index contributed by atoms with van der Waals surface area (Å²) in [5.41, 5.74) is 1.63. The van der Waals surface area contributed by atoms with Crippen molar-refractivity contribution < 1.29 is 4.79 Å². The van der Waals surface area contributed by atoms with E-state index in [2.05, 4.69) is 15.3 Å². The highest BCUT2D eigenvalue weighted by Gasteiger charge is 2.50. The molecule has 4 rings (SSSR count). The monoisotopic (exact) mass is 352 g/mol. The van der Waals surface area contributed by atoms with Crippen molar-refractivity contribution in [2.75, 3.05) is 0 Å². The molecule has 6 heteroatoms. The van der Waals surface area contributed by atoms with Crippen LogP contribution in [-0.4, -0.2) is 20.4 Å². The average Bonchev–Trinajstić information content (AvgIpc) is 3.26. The molecule has 5 nitrogen and oxygen atoms in total. The lowest BCUT2D eigenvalue weighted by Gasteiger charge is -2.16. The van der Waals surface area contributed by atoms with Crippen LogP contribution in [0.15, 0.2) is 61.3 Å². The van der Waals surface area contributed by atoms with Crippen LogP contribution in [0.5, 0.6) is 0 Å². The SMILES string of the molecule is O=C(NCc1ccnc(-n2ccnc2)c1)C1(c2ccc(Cl)cc2)CC1. The molecule has 0 radical (unpaired) electrons. The van der Waals surface area contributed by atoms with Crippen LogP contribution in [0.2, 0.25) is 5.02 Å². The summed E-state index contributed by atoms with van der Waals surface area (Å²) in [7, 11) is 0.